The first-order valence-corrected chi connectivity index (χ1v) is 14.3. The lowest BCUT2D eigenvalue weighted by molar-refractivity contribution is -0.139. The summed E-state index contributed by atoms with van der Waals surface area (Å²) in [5, 5.41) is 15.7. The van der Waals surface area contributed by atoms with E-state index in [0.29, 0.717) is 5.92 Å². The molecular formula is C32H37F3N4O4. The molecule has 1 aromatic heterocycles. The number of alkyl halides is 3. The molecule has 0 aliphatic carbocycles. The minimum Gasteiger partial charge on any atom is -0.497 e. The number of carbonyl (C=O) groups excluding carboxylic acids is 1. The van der Waals surface area contributed by atoms with Crippen LogP contribution in [0, 0.1) is 12.8 Å². The van der Waals surface area contributed by atoms with Crippen LogP contribution in [-0.4, -0.2) is 54.8 Å². The molecule has 43 heavy (non-hydrogen) atoms. The molecule has 1 aliphatic heterocycles. The molecule has 11 heteroatoms. The Morgan fingerprint density at radius 1 is 1.12 bits per heavy atom. The minimum atomic E-state index is -4.54. The van der Waals surface area contributed by atoms with Gasteiger partial charge in [0.25, 0.3) is 5.91 Å². The zero-order valence-electron chi connectivity index (χ0n) is 24.5. The number of aliphatic carboxylic acids is 1. The van der Waals surface area contributed by atoms with Crippen LogP contribution in [0.1, 0.15) is 52.4 Å². The highest BCUT2D eigenvalue weighted by molar-refractivity contribution is 5.99. The number of nitrogens with one attached hydrogen (secondary N) is 2. The molecule has 8 nitrogen and oxygen atoms in total. The smallest absolute Gasteiger partial charge is 0.416 e. The third-order valence-electron chi connectivity index (χ3n) is 7.85. The molecule has 3 N–H and O–H groups in total. The van der Waals surface area contributed by atoms with Crippen LogP contribution in [0.2, 0.25) is 0 Å². The van der Waals surface area contributed by atoms with E-state index < -0.39 is 29.7 Å². The van der Waals surface area contributed by atoms with Crippen LogP contribution in [0.3, 0.4) is 0 Å². The molecule has 1 aliphatic rings. The Labute approximate surface area is 249 Å². The van der Waals surface area contributed by atoms with Crippen molar-refractivity contribution in [3.05, 3.63) is 82.5 Å². The molecule has 3 aromatic rings. The lowest BCUT2D eigenvalue weighted by atomic mass is 9.95. The topological polar surface area (TPSA) is 104 Å². The van der Waals surface area contributed by atoms with Gasteiger partial charge in [-0.15, -0.1) is 0 Å². The SMILES string of the molecule is CCc1cc(C(F)(F)F)cc(C)c1C(=O)NC(Cc1ccc(N2CCC(CNc3cc(OC)ccn3)CC2)cc1)C(=O)O. The molecule has 1 amide bonds. The number of anilines is 2. The summed E-state index contributed by atoms with van der Waals surface area (Å²) in [7, 11) is 1.62. The number of carboxylic acids is 1. The van der Waals surface area contributed by atoms with Crippen molar-refractivity contribution in [3.8, 4) is 5.75 Å². The second-order valence-corrected chi connectivity index (χ2v) is 10.8. The van der Waals surface area contributed by atoms with E-state index in [2.05, 4.69) is 20.5 Å². The Hall–Kier alpha value is -4.28. The summed E-state index contributed by atoms with van der Waals surface area (Å²) in [4.78, 5) is 31.7. The van der Waals surface area contributed by atoms with Gasteiger partial charge >= 0.3 is 12.1 Å². The number of hydrogen-bond donors (Lipinski definition) is 3. The maximum Gasteiger partial charge on any atom is 0.416 e. The molecule has 1 fully saturated rings. The first kappa shape index (κ1) is 31.7. The number of carbonyl (C=O) groups is 2. The van der Waals surface area contributed by atoms with Gasteiger partial charge in [-0.25, -0.2) is 9.78 Å². The fourth-order valence-corrected chi connectivity index (χ4v) is 5.42. The Balaban J connectivity index is 1.33. The number of nitrogens with zero attached hydrogens (tertiary/aromatic N) is 2. The van der Waals surface area contributed by atoms with E-state index in [1.54, 1.807) is 26.3 Å². The number of rotatable bonds is 11. The molecule has 0 radical (unpaired) electrons. The summed E-state index contributed by atoms with van der Waals surface area (Å²) in [5.41, 5.74) is 1.37. The number of aromatic nitrogens is 1. The Morgan fingerprint density at radius 3 is 2.42 bits per heavy atom. The number of pyridine rings is 1. The summed E-state index contributed by atoms with van der Waals surface area (Å²) >= 11 is 0. The first-order valence-electron chi connectivity index (χ1n) is 14.3. The molecule has 1 unspecified atom stereocenters. The van der Waals surface area contributed by atoms with Crippen LogP contribution < -0.4 is 20.3 Å². The minimum absolute atomic E-state index is 0.0363. The average molecular weight is 599 g/mol. The number of hydrogen-bond acceptors (Lipinski definition) is 6. The van der Waals surface area contributed by atoms with Gasteiger partial charge in [-0.05, 0) is 79.1 Å². The average Bonchev–Trinajstić information content (AvgIpc) is 2.99. The summed E-state index contributed by atoms with van der Waals surface area (Å²) in [6, 6.07) is 11.9. The number of carboxylic acid groups (broad SMARTS) is 1. The van der Waals surface area contributed by atoms with Gasteiger partial charge in [0.1, 0.15) is 17.6 Å². The highest BCUT2D eigenvalue weighted by atomic mass is 19.4. The summed E-state index contributed by atoms with van der Waals surface area (Å²) in [6.07, 6.45) is -0.581. The largest absolute Gasteiger partial charge is 0.497 e. The number of halogens is 3. The maximum absolute atomic E-state index is 13.3. The molecule has 0 bridgehead atoms. The fraction of sp³-hybridized carbons (Fsp3) is 0.406. The van der Waals surface area contributed by atoms with E-state index in [1.165, 1.54) is 6.92 Å². The van der Waals surface area contributed by atoms with Gasteiger partial charge in [0, 0.05) is 49.6 Å². The van der Waals surface area contributed by atoms with E-state index >= 15 is 0 Å². The standard InChI is InChI=1S/C32H37F3N4O4/c1-4-23-17-24(32(33,34)35)15-20(2)29(23)30(40)38-27(31(41)42)16-21-5-7-25(8-6-21)39-13-10-22(11-14-39)19-37-28-18-26(43-3)9-12-36-28/h5-9,12,15,17-18,22,27H,4,10-11,13-14,16,19H2,1-3H3,(H,36,37)(H,38,40)(H,41,42). The predicted molar refractivity (Wildman–Crippen MR) is 159 cm³/mol. The number of piperidine rings is 1. The molecule has 230 valence electrons. The molecule has 2 aromatic carbocycles. The van der Waals surface area contributed by atoms with E-state index in [4.69, 9.17) is 4.74 Å². The van der Waals surface area contributed by atoms with Gasteiger partial charge in [-0.3, -0.25) is 4.79 Å². The van der Waals surface area contributed by atoms with E-state index in [1.807, 2.05) is 30.3 Å². The van der Waals surface area contributed by atoms with E-state index in [-0.39, 0.29) is 29.5 Å². The van der Waals surface area contributed by atoms with Crippen molar-refractivity contribution < 1.29 is 32.6 Å². The van der Waals surface area contributed by atoms with Gasteiger partial charge in [0.15, 0.2) is 0 Å². The quantitative estimate of drug-likeness (QED) is 0.259. The number of methoxy groups -OCH3 is 1. The van der Waals surface area contributed by atoms with Crippen molar-refractivity contribution >= 4 is 23.4 Å². The zero-order chi connectivity index (χ0) is 31.1. The van der Waals surface area contributed by atoms with Gasteiger partial charge < -0.3 is 25.4 Å². The number of ether oxygens (including phenoxy) is 1. The van der Waals surface area contributed by atoms with Crippen molar-refractivity contribution in [3.63, 3.8) is 0 Å². The number of benzene rings is 2. The van der Waals surface area contributed by atoms with Crippen LogP contribution in [0.15, 0.2) is 54.7 Å². The van der Waals surface area contributed by atoms with Gasteiger partial charge in [0.05, 0.1) is 12.7 Å². The van der Waals surface area contributed by atoms with Gasteiger partial charge in [0.2, 0.25) is 0 Å². The first-order chi connectivity index (χ1) is 20.5. The molecule has 2 heterocycles. The van der Waals surface area contributed by atoms with Crippen molar-refractivity contribution in [2.24, 2.45) is 5.92 Å². The summed E-state index contributed by atoms with van der Waals surface area (Å²) in [6.45, 7) is 5.67. The predicted octanol–water partition coefficient (Wildman–Crippen LogP) is 5.73. The van der Waals surface area contributed by atoms with Crippen molar-refractivity contribution in [2.75, 3.05) is 37.0 Å². The Morgan fingerprint density at radius 2 is 1.81 bits per heavy atom. The third-order valence-corrected chi connectivity index (χ3v) is 7.85. The van der Waals surface area contributed by atoms with Crippen LogP contribution in [0.4, 0.5) is 24.7 Å². The Kier molecular flexibility index (Phi) is 10.2. The van der Waals surface area contributed by atoms with Gasteiger partial charge in [-0.2, -0.15) is 13.2 Å². The molecule has 0 saturated carbocycles. The van der Waals surface area contributed by atoms with E-state index in [0.717, 1.165) is 67.4 Å². The summed E-state index contributed by atoms with van der Waals surface area (Å²) < 4.78 is 45.0. The van der Waals surface area contributed by atoms with Crippen molar-refractivity contribution in [2.45, 2.75) is 51.7 Å². The van der Waals surface area contributed by atoms with Gasteiger partial charge in [-0.1, -0.05) is 19.1 Å². The van der Waals surface area contributed by atoms with Crippen LogP contribution in [0.5, 0.6) is 5.75 Å². The molecule has 1 saturated heterocycles. The summed E-state index contributed by atoms with van der Waals surface area (Å²) in [5.74, 6) is 0.123. The molecule has 4 rings (SSSR count). The maximum atomic E-state index is 13.3. The Bertz CT molecular complexity index is 1420. The van der Waals surface area contributed by atoms with Crippen molar-refractivity contribution in [1.29, 1.82) is 0 Å². The fourth-order valence-electron chi connectivity index (χ4n) is 5.42. The highest BCUT2D eigenvalue weighted by Crippen LogP contribution is 2.32. The molecule has 1 atom stereocenters. The van der Waals surface area contributed by atoms with Crippen molar-refractivity contribution in [1.82, 2.24) is 10.3 Å². The van der Waals surface area contributed by atoms with Crippen LogP contribution in [-0.2, 0) is 23.8 Å². The zero-order valence-corrected chi connectivity index (χ0v) is 24.5. The van der Waals surface area contributed by atoms with Crippen LogP contribution in [0.25, 0.3) is 0 Å². The lowest BCUT2D eigenvalue weighted by Crippen LogP contribution is -2.43. The monoisotopic (exact) mass is 598 g/mol. The normalized spacial score (nSPS) is 14.7. The van der Waals surface area contributed by atoms with Crippen LogP contribution >= 0.6 is 0 Å². The lowest BCUT2D eigenvalue weighted by Gasteiger charge is -2.34. The highest BCUT2D eigenvalue weighted by Gasteiger charge is 2.33. The molecule has 0 spiro atoms. The third kappa shape index (κ3) is 8.18. The number of aryl methyl sites for hydroxylation is 2. The van der Waals surface area contributed by atoms with E-state index in [9.17, 15) is 27.9 Å². The second-order valence-electron chi connectivity index (χ2n) is 10.8. The number of amides is 1. The molecular weight excluding hydrogens is 561 g/mol. The second kappa shape index (κ2) is 13.8.